The van der Waals surface area contributed by atoms with Crippen LogP contribution in [-0.2, 0) is 14.8 Å². The zero-order chi connectivity index (χ0) is 20.2. The van der Waals surface area contributed by atoms with Crippen molar-refractivity contribution in [2.24, 2.45) is 0 Å². The van der Waals surface area contributed by atoms with Gasteiger partial charge in [-0.2, -0.15) is 0 Å². The highest BCUT2D eigenvalue weighted by Gasteiger charge is 2.22. The fourth-order valence-corrected chi connectivity index (χ4v) is 3.73. The molecular weight excluding hydrogens is 364 g/mol. The maximum Gasteiger partial charge on any atom is 0.241 e. The van der Waals surface area contributed by atoms with Crippen LogP contribution in [0.5, 0.6) is 5.75 Å². The predicted molar refractivity (Wildman–Crippen MR) is 108 cm³/mol. The predicted octanol–water partition coefficient (Wildman–Crippen LogP) is 2.96. The molecule has 2 aromatic rings. The second-order valence-corrected chi connectivity index (χ2v) is 8.52. The number of aryl methyl sites for hydroxylation is 2. The third kappa shape index (κ3) is 5.47. The first-order valence-corrected chi connectivity index (χ1v) is 10.4. The number of hydrogen-bond acceptors (Lipinski definition) is 4. The van der Waals surface area contributed by atoms with E-state index < -0.39 is 10.0 Å². The van der Waals surface area contributed by atoms with Crippen LogP contribution in [0.1, 0.15) is 29.7 Å². The monoisotopic (exact) mass is 390 g/mol. The van der Waals surface area contributed by atoms with E-state index in [-0.39, 0.29) is 18.5 Å². The Kier molecular flexibility index (Phi) is 6.49. The number of ether oxygens (including phenoxy) is 1. The Morgan fingerprint density at radius 3 is 2.33 bits per heavy atom. The molecule has 0 radical (unpaired) electrons. The van der Waals surface area contributed by atoms with Crippen molar-refractivity contribution in [3.05, 3.63) is 59.2 Å². The lowest BCUT2D eigenvalue weighted by Gasteiger charge is -2.24. The molecule has 1 N–H and O–H groups in total. The number of sulfonamides is 1. The summed E-state index contributed by atoms with van der Waals surface area (Å²) in [5.41, 5.74) is 3.60. The molecule has 0 aromatic heterocycles. The van der Waals surface area contributed by atoms with E-state index in [4.69, 9.17) is 4.74 Å². The van der Waals surface area contributed by atoms with Gasteiger partial charge in [-0.25, -0.2) is 8.42 Å². The molecule has 7 heteroatoms. The summed E-state index contributed by atoms with van der Waals surface area (Å²) in [6.07, 6.45) is 1.08. The van der Waals surface area contributed by atoms with Crippen molar-refractivity contribution < 1.29 is 17.9 Å². The molecule has 146 valence electrons. The molecule has 0 spiro atoms. The molecule has 2 rings (SSSR count). The van der Waals surface area contributed by atoms with Gasteiger partial charge in [-0.05, 0) is 56.2 Å². The van der Waals surface area contributed by atoms with Crippen molar-refractivity contribution in [3.8, 4) is 5.75 Å². The van der Waals surface area contributed by atoms with Crippen molar-refractivity contribution in [1.29, 1.82) is 0 Å². The van der Waals surface area contributed by atoms with E-state index in [1.54, 1.807) is 24.3 Å². The van der Waals surface area contributed by atoms with Crippen molar-refractivity contribution in [3.63, 3.8) is 0 Å². The van der Waals surface area contributed by atoms with Crippen molar-refractivity contribution >= 4 is 21.6 Å². The van der Waals surface area contributed by atoms with Crippen LogP contribution in [0.2, 0.25) is 0 Å². The van der Waals surface area contributed by atoms with Crippen LogP contribution in [0.4, 0.5) is 5.69 Å². The lowest BCUT2D eigenvalue weighted by atomic mass is 10.00. The van der Waals surface area contributed by atoms with E-state index in [9.17, 15) is 13.2 Å². The molecule has 1 atom stereocenters. The second kappa shape index (κ2) is 8.43. The number of carbonyl (C=O) groups excluding carboxylic acids is 1. The van der Waals surface area contributed by atoms with Gasteiger partial charge in [0.05, 0.1) is 25.1 Å². The number of hydrogen-bond donors (Lipinski definition) is 1. The van der Waals surface area contributed by atoms with Gasteiger partial charge >= 0.3 is 0 Å². The molecular formula is C20H26N2O4S. The Bertz CT molecular complexity index is 908. The van der Waals surface area contributed by atoms with E-state index in [1.165, 1.54) is 7.11 Å². The van der Waals surface area contributed by atoms with Crippen LogP contribution in [-0.4, -0.2) is 34.2 Å². The summed E-state index contributed by atoms with van der Waals surface area (Å²) in [6.45, 7) is 5.57. The molecule has 0 bridgehead atoms. The average molecular weight is 391 g/mol. The van der Waals surface area contributed by atoms with Crippen molar-refractivity contribution in [2.45, 2.75) is 26.8 Å². The Morgan fingerprint density at radius 1 is 1.15 bits per heavy atom. The molecule has 0 fully saturated rings. The fraction of sp³-hybridized carbons (Fsp3) is 0.350. The first kappa shape index (κ1) is 20.8. The minimum absolute atomic E-state index is 0.227. The van der Waals surface area contributed by atoms with Gasteiger partial charge in [0.25, 0.3) is 0 Å². The van der Waals surface area contributed by atoms with Crippen LogP contribution < -0.4 is 14.4 Å². The molecule has 0 saturated carbocycles. The highest BCUT2D eigenvalue weighted by atomic mass is 32.2. The largest absolute Gasteiger partial charge is 0.497 e. The summed E-state index contributed by atoms with van der Waals surface area (Å²) in [4.78, 5) is 12.5. The molecule has 0 aliphatic heterocycles. The molecule has 0 aliphatic rings. The molecule has 27 heavy (non-hydrogen) atoms. The zero-order valence-corrected chi connectivity index (χ0v) is 17.1. The standard InChI is InChI=1S/C20H26N2O4S/c1-14-6-7-15(2)19(12-14)16(3)21-20(23)13-22(27(5,24)25)17-8-10-18(26-4)11-9-17/h6-12,16H,13H2,1-5H3,(H,21,23). The smallest absolute Gasteiger partial charge is 0.241 e. The highest BCUT2D eigenvalue weighted by molar-refractivity contribution is 7.92. The van der Waals surface area contributed by atoms with Gasteiger partial charge in [-0.1, -0.05) is 23.8 Å². The first-order chi connectivity index (χ1) is 12.6. The van der Waals surface area contributed by atoms with Crippen molar-refractivity contribution in [2.75, 3.05) is 24.2 Å². The fourth-order valence-electron chi connectivity index (χ4n) is 2.87. The van der Waals surface area contributed by atoms with Gasteiger partial charge in [0.2, 0.25) is 15.9 Å². The number of methoxy groups -OCH3 is 1. The number of carbonyl (C=O) groups is 1. The highest BCUT2D eigenvalue weighted by Crippen LogP contribution is 2.22. The summed E-state index contributed by atoms with van der Waals surface area (Å²) in [7, 11) is -2.08. The number of rotatable bonds is 7. The molecule has 0 heterocycles. The molecule has 1 amide bonds. The first-order valence-electron chi connectivity index (χ1n) is 8.60. The number of nitrogens with one attached hydrogen (secondary N) is 1. The lowest BCUT2D eigenvalue weighted by Crippen LogP contribution is -2.41. The quantitative estimate of drug-likeness (QED) is 0.789. The number of benzene rings is 2. The summed E-state index contributed by atoms with van der Waals surface area (Å²) in [6, 6.07) is 12.4. The molecule has 6 nitrogen and oxygen atoms in total. The van der Waals surface area contributed by atoms with Gasteiger partial charge < -0.3 is 10.1 Å². The van der Waals surface area contributed by atoms with E-state index in [2.05, 4.69) is 5.32 Å². The van der Waals surface area contributed by atoms with E-state index in [0.717, 1.165) is 27.3 Å². The van der Waals surface area contributed by atoms with Crippen LogP contribution in [0, 0.1) is 13.8 Å². The average Bonchev–Trinajstić information content (AvgIpc) is 2.61. The normalized spacial score (nSPS) is 12.3. The minimum atomic E-state index is -3.62. The molecule has 0 saturated heterocycles. The van der Waals surface area contributed by atoms with Gasteiger partial charge in [0.1, 0.15) is 12.3 Å². The summed E-state index contributed by atoms with van der Waals surface area (Å²) in [5.74, 6) is 0.241. The Labute approximate surface area is 161 Å². The van der Waals surface area contributed by atoms with Gasteiger partial charge in [0.15, 0.2) is 0 Å². The maximum absolute atomic E-state index is 12.5. The Morgan fingerprint density at radius 2 is 1.78 bits per heavy atom. The third-order valence-corrected chi connectivity index (χ3v) is 5.47. The summed E-state index contributed by atoms with van der Waals surface area (Å²) >= 11 is 0. The third-order valence-electron chi connectivity index (χ3n) is 4.33. The molecule has 2 aromatic carbocycles. The van der Waals surface area contributed by atoms with E-state index in [1.807, 2.05) is 39.0 Å². The number of amides is 1. The number of nitrogens with zero attached hydrogens (tertiary/aromatic N) is 1. The topological polar surface area (TPSA) is 75.7 Å². The van der Waals surface area contributed by atoms with Crippen LogP contribution in [0.25, 0.3) is 0 Å². The summed E-state index contributed by atoms with van der Waals surface area (Å²) in [5, 5.41) is 2.89. The van der Waals surface area contributed by atoms with Gasteiger partial charge in [-0.15, -0.1) is 0 Å². The Balaban J connectivity index is 2.17. The zero-order valence-electron chi connectivity index (χ0n) is 16.3. The van der Waals surface area contributed by atoms with Gasteiger partial charge in [0, 0.05) is 0 Å². The molecule has 0 aliphatic carbocycles. The van der Waals surface area contributed by atoms with Crippen LogP contribution in [0.15, 0.2) is 42.5 Å². The Hall–Kier alpha value is -2.54. The van der Waals surface area contributed by atoms with E-state index in [0.29, 0.717) is 11.4 Å². The molecule has 1 unspecified atom stereocenters. The second-order valence-electron chi connectivity index (χ2n) is 6.62. The summed E-state index contributed by atoms with van der Waals surface area (Å²) < 4.78 is 30.6. The van der Waals surface area contributed by atoms with E-state index >= 15 is 0 Å². The van der Waals surface area contributed by atoms with Crippen LogP contribution in [0.3, 0.4) is 0 Å². The number of anilines is 1. The van der Waals surface area contributed by atoms with Crippen LogP contribution >= 0.6 is 0 Å². The van der Waals surface area contributed by atoms with Crippen molar-refractivity contribution in [1.82, 2.24) is 5.32 Å². The maximum atomic E-state index is 12.5. The SMILES string of the molecule is COc1ccc(N(CC(=O)NC(C)c2cc(C)ccc2C)S(C)(=O)=O)cc1. The lowest BCUT2D eigenvalue weighted by molar-refractivity contribution is -0.120. The van der Waals surface area contributed by atoms with Gasteiger partial charge in [-0.3, -0.25) is 9.10 Å². The minimum Gasteiger partial charge on any atom is -0.497 e.